The molecule has 0 radical (unpaired) electrons. The Hall–Kier alpha value is -7.98. The highest BCUT2D eigenvalue weighted by Gasteiger charge is 2.50. The molecule has 0 bridgehead atoms. The molecule has 64 heavy (non-hydrogen) atoms. The lowest BCUT2D eigenvalue weighted by molar-refractivity contribution is 0.669. The van der Waals surface area contributed by atoms with Crippen molar-refractivity contribution >= 4 is 70.5 Å². The van der Waals surface area contributed by atoms with Gasteiger partial charge in [0, 0.05) is 42.3 Å². The van der Waals surface area contributed by atoms with E-state index in [0.717, 1.165) is 39.0 Å². The average Bonchev–Trinajstić information content (AvgIpc) is 4.00. The zero-order valence-electron chi connectivity index (χ0n) is 34.6. The minimum absolute atomic E-state index is 0.647. The van der Waals surface area contributed by atoms with Crippen molar-refractivity contribution in [2.24, 2.45) is 0 Å². The number of hydrogen-bond acceptors (Lipinski definition) is 3. The summed E-state index contributed by atoms with van der Waals surface area (Å²) in [5, 5.41) is 4.84. The van der Waals surface area contributed by atoms with Crippen molar-refractivity contribution in [1.29, 1.82) is 0 Å². The number of thiophene rings is 1. The lowest BCUT2D eigenvalue weighted by Gasteiger charge is -2.36. The van der Waals surface area contributed by atoms with E-state index in [0.29, 0.717) is 0 Å². The number of hydrogen-bond donors (Lipinski definition) is 0. The summed E-state index contributed by atoms with van der Waals surface area (Å²) in [6.07, 6.45) is 0. The first-order valence-electron chi connectivity index (χ1n) is 22.0. The molecule has 0 fully saturated rings. The molecule has 1 atom stereocenters. The highest BCUT2D eigenvalue weighted by Crippen LogP contribution is 2.63. The van der Waals surface area contributed by atoms with Crippen LogP contribution in [-0.2, 0) is 5.41 Å². The molecular formula is C61H37NOS. The number of para-hydroxylation sites is 2. The van der Waals surface area contributed by atoms with Crippen molar-refractivity contribution in [1.82, 2.24) is 0 Å². The van der Waals surface area contributed by atoms with E-state index in [2.05, 4.69) is 229 Å². The van der Waals surface area contributed by atoms with Crippen molar-refractivity contribution in [2.75, 3.05) is 4.90 Å². The molecule has 298 valence electrons. The molecule has 0 amide bonds. The molecule has 3 heteroatoms. The quantitative estimate of drug-likeness (QED) is 0.176. The Bertz CT molecular complexity index is 3860. The lowest BCUT2D eigenvalue weighted by Crippen LogP contribution is -2.29. The van der Waals surface area contributed by atoms with E-state index in [1.807, 2.05) is 11.3 Å². The van der Waals surface area contributed by atoms with E-state index < -0.39 is 5.41 Å². The first-order valence-corrected chi connectivity index (χ1v) is 22.8. The number of furan rings is 1. The van der Waals surface area contributed by atoms with Crippen LogP contribution in [0.5, 0.6) is 0 Å². The van der Waals surface area contributed by atoms with Crippen molar-refractivity contribution in [3.05, 3.63) is 247 Å². The van der Waals surface area contributed by atoms with Gasteiger partial charge in [0.05, 0.1) is 11.1 Å². The SMILES string of the molecule is c1ccc(-c2ccc(N(c3ccc4c(c3)C3(c5ccccc5-c5ccccc5-4)c4ccccc4-c4cc5c(cc43)sc3ccccc35)c3cccc4c3oc3ccccc34)cc2)cc1. The zero-order valence-corrected chi connectivity index (χ0v) is 35.4. The van der Waals surface area contributed by atoms with Crippen LogP contribution in [0.2, 0.25) is 0 Å². The van der Waals surface area contributed by atoms with E-state index in [1.165, 1.54) is 86.9 Å². The summed E-state index contributed by atoms with van der Waals surface area (Å²) in [6, 6.07) is 83.0. The Kier molecular flexibility index (Phi) is 7.51. The fourth-order valence-corrected chi connectivity index (χ4v) is 12.3. The second kappa shape index (κ2) is 13.5. The molecule has 1 spiro atoms. The first kappa shape index (κ1) is 35.6. The summed E-state index contributed by atoms with van der Waals surface area (Å²) in [5.74, 6) is 0. The molecule has 1 unspecified atom stereocenters. The minimum atomic E-state index is -0.647. The van der Waals surface area contributed by atoms with Gasteiger partial charge in [-0.25, -0.2) is 0 Å². The van der Waals surface area contributed by atoms with Crippen LogP contribution in [0, 0.1) is 0 Å². The monoisotopic (exact) mass is 831 g/mol. The van der Waals surface area contributed by atoms with E-state index >= 15 is 0 Å². The third-order valence-electron chi connectivity index (χ3n) is 13.9. The molecule has 2 heterocycles. The van der Waals surface area contributed by atoms with Crippen molar-refractivity contribution < 1.29 is 4.42 Å². The van der Waals surface area contributed by atoms with E-state index in [9.17, 15) is 0 Å². The fourth-order valence-electron chi connectivity index (χ4n) is 11.2. The summed E-state index contributed by atoms with van der Waals surface area (Å²) in [5.41, 5.74) is 19.3. The second-order valence-electron chi connectivity index (χ2n) is 17.1. The van der Waals surface area contributed by atoms with E-state index in [-0.39, 0.29) is 0 Å². The first-order chi connectivity index (χ1) is 31.7. The maximum atomic E-state index is 6.84. The number of fused-ring (bicyclic) bond motifs is 18. The number of benzene rings is 10. The van der Waals surface area contributed by atoms with E-state index in [1.54, 1.807) is 0 Å². The Balaban J connectivity index is 1.10. The number of rotatable bonds is 4. The van der Waals surface area contributed by atoms with Gasteiger partial charge in [-0.05, 0) is 121 Å². The van der Waals surface area contributed by atoms with Crippen molar-refractivity contribution in [2.45, 2.75) is 5.41 Å². The van der Waals surface area contributed by atoms with Gasteiger partial charge < -0.3 is 9.32 Å². The van der Waals surface area contributed by atoms with Crippen LogP contribution in [0.15, 0.2) is 229 Å². The summed E-state index contributed by atoms with van der Waals surface area (Å²) in [6.45, 7) is 0. The third-order valence-corrected chi connectivity index (χ3v) is 15.0. The molecule has 0 aliphatic heterocycles. The molecule has 2 aromatic heterocycles. The Morgan fingerprint density at radius 2 is 0.922 bits per heavy atom. The van der Waals surface area contributed by atoms with Gasteiger partial charge in [-0.3, -0.25) is 0 Å². The Morgan fingerprint density at radius 1 is 0.344 bits per heavy atom. The molecule has 12 aromatic rings. The Labute approximate surface area is 374 Å². The normalized spacial score (nSPS) is 14.6. The molecule has 0 N–H and O–H groups in total. The molecule has 2 nitrogen and oxygen atoms in total. The smallest absolute Gasteiger partial charge is 0.159 e. The van der Waals surface area contributed by atoms with Crippen LogP contribution >= 0.6 is 11.3 Å². The minimum Gasteiger partial charge on any atom is -0.454 e. The topological polar surface area (TPSA) is 16.4 Å². The predicted octanol–water partition coefficient (Wildman–Crippen LogP) is 17.1. The predicted molar refractivity (Wildman–Crippen MR) is 268 cm³/mol. The molecule has 0 saturated heterocycles. The van der Waals surface area contributed by atoms with Crippen LogP contribution in [0.1, 0.15) is 22.3 Å². The summed E-state index contributed by atoms with van der Waals surface area (Å²) >= 11 is 1.90. The second-order valence-corrected chi connectivity index (χ2v) is 18.2. The Morgan fingerprint density at radius 3 is 1.70 bits per heavy atom. The maximum Gasteiger partial charge on any atom is 0.159 e. The summed E-state index contributed by atoms with van der Waals surface area (Å²) in [7, 11) is 0. The highest BCUT2D eigenvalue weighted by molar-refractivity contribution is 7.25. The van der Waals surface area contributed by atoms with Gasteiger partial charge in [-0.1, -0.05) is 170 Å². The van der Waals surface area contributed by atoms with Crippen LogP contribution in [-0.4, -0.2) is 0 Å². The van der Waals surface area contributed by atoms with Crippen molar-refractivity contribution in [3.63, 3.8) is 0 Å². The summed E-state index contributed by atoms with van der Waals surface area (Å²) in [4.78, 5) is 2.41. The van der Waals surface area contributed by atoms with Crippen molar-refractivity contribution in [3.8, 4) is 44.5 Å². The van der Waals surface area contributed by atoms with Gasteiger partial charge in [0.25, 0.3) is 0 Å². The van der Waals surface area contributed by atoms with Gasteiger partial charge >= 0.3 is 0 Å². The molecule has 2 aliphatic carbocycles. The van der Waals surface area contributed by atoms with Crippen LogP contribution in [0.3, 0.4) is 0 Å². The molecule has 10 aromatic carbocycles. The standard InChI is InChI=1S/C61H37NOS/c1-2-15-38(16-3-1)39-29-31-40(32-30-39)62(56-26-14-23-49-47-21-8-12-27-57(47)63-60(49)56)41-33-34-46-43-18-5-4-17-42(43)44-19-6-10-24-52(44)61(54(46)35-41)53-25-11-7-20-45(53)50-36-51-48-22-9-13-28-58(48)64-59(51)37-55(50)61/h1-37H. The van der Waals surface area contributed by atoms with Gasteiger partial charge in [0.1, 0.15) is 5.58 Å². The molecule has 2 aliphatic rings. The summed E-state index contributed by atoms with van der Waals surface area (Å²) < 4.78 is 9.46. The lowest BCUT2D eigenvalue weighted by atomic mass is 9.65. The maximum absolute atomic E-state index is 6.84. The third kappa shape index (κ3) is 4.90. The van der Waals surface area contributed by atoms with Crippen LogP contribution in [0.4, 0.5) is 17.1 Å². The van der Waals surface area contributed by atoms with Gasteiger partial charge in [-0.2, -0.15) is 0 Å². The average molecular weight is 832 g/mol. The number of nitrogens with zero attached hydrogens (tertiary/aromatic N) is 1. The largest absolute Gasteiger partial charge is 0.454 e. The van der Waals surface area contributed by atoms with Gasteiger partial charge in [0.2, 0.25) is 0 Å². The molecule has 0 saturated carbocycles. The zero-order chi connectivity index (χ0) is 41.9. The van der Waals surface area contributed by atoms with Crippen LogP contribution < -0.4 is 4.90 Å². The van der Waals surface area contributed by atoms with E-state index in [4.69, 9.17) is 4.42 Å². The van der Waals surface area contributed by atoms with Crippen LogP contribution in [0.25, 0.3) is 86.6 Å². The van der Waals surface area contributed by atoms with Gasteiger partial charge in [-0.15, -0.1) is 11.3 Å². The van der Waals surface area contributed by atoms with Gasteiger partial charge in [0.15, 0.2) is 5.58 Å². The fraction of sp³-hybridized carbons (Fsp3) is 0.0164. The highest BCUT2D eigenvalue weighted by atomic mass is 32.1. The number of anilines is 3. The molecular weight excluding hydrogens is 795 g/mol. The molecule has 14 rings (SSSR count).